The van der Waals surface area contributed by atoms with Gasteiger partial charge in [0.25, 0.3) is 0 Å². The number of hydrogen-bond acceptors (Lipinski definition) is 2. The van der Waals surface area contributed by atoms with E-state index in [2.05, 4.69) is 18.7 Å². The van der Waals surface area contributed by atoms with Crippen molar-refractivity contribution < 1.29 is 0 Å². The molecule has 0 aromatic carbocycles. The van der Waals surface area contributed by atoms with Crippen LogP contribution in [-0.4, -0.2) is 31.1 Å². The molecule has 0 spiro atoms. The van der Waals surface area contributed by atoms with Crippen LogP contribution >= 0.6 is 0 Å². The number of nitrogens with two attached hydrogens (primary N) is 1. The standard InChI is InChI=1S/C13H28N2/c1-3-13(4-2)7-11-15(12-8-13)10-6-5-9-14/h3-12,14H2,1-2H3. The van der Waals surface area contributed by atoms with Crippen LogP contribution in [0.3, 0.4) is 0 Å². The van der Waals surface area contributed by atoms with Crippen molar-refractivity contribution in [3.8, 4) is 0 Å². The van der Waals surface area contributed by atoms with Crippen LogP contribution in [-0.2, 0) is 0 Å². The Balaban J connectivity index is 2.22. The van der Waals surface area contributed by atoms with Crippen molar-refractivity contribution in [1.82, 2.24) is 4.90 Å². The third-order valence-electron chi connectivity index (χ3n) is 4.35. The molecule has 15 heavy (non-hydrogen) atoms. The molecule has 1 aliphatic heterocycles. The zero-order valence-electron chi connectivity index (χ0n) is 10.6. The molecule has 2 heteroatoms. The summed E-state index contributed by atoms with van der Waals surface area (Å²) in [5.74, 6) is 0. The van der Waals surface area contributed by atoms with E-state index in [1.54, 1.807) is 0 Å². The Morgan fingerprint density at radius 3 is 2.13 bits per heavy atom. The quantitative estimate of drug-likeness (QED) is 0.686. The average Bonchev–Trinajstić information content (AvgIpc) is 2.31. The van der Waals surface area contributed by atoms with Crippen molar-refractivity contribution in [3.05, 3.63) is 0 Å². The lowest BCUT2D eigenvalue weighted by Crippen LogP contribution is -2.40. The Kier molecular flexibility index (Phi) is 5.62. The van der Waals surface area contributed by atoms with Crippen molar-refractivity contribution >= 4 is 0 Å². The zero-order valence-corrected chi connectivity index (χ0v) is 10.6. The summed E-state index contributed by atoms with van der Waals surface area (Å²) in [6.07, 6.45) is 8.00. The lowest BCUT2D eigenvalue weighted by molar-refractivity contribution is 0.0945. The van der Waals surface area contributed by atoms with Gasteiger partial charge in [0.2, 0.25) is 0 Å². The van der Waals surface area contributed by atoms with Crippen LogP contribution in [0.4, 0.5) is 0 Å². The lowest BCUT2D eigenvalue weighted by Gasteiger charge is -2.41. The highest BCUT2D eigenvalue weighted by molar-refractivity contribution is 4.83. The first-order chi connectivity index (χ1) is 7.26. The molecule has 0 unspecified atom stereocenters. The van der Waals surface area contributed by atoms with E-state index in [1.165, 1.54) is 58.2 Å². The van der Waals surface area contributed by atoms with Crippen LogP contribution < -0.4 is 5.73 Å². The molecule has 2 nitrogen and oxygen atoms in total. The van der Waals surface area contributed by atoms with Gasteiger partial charge < -0.3 is 10.6 Å². The molecule has 0 aromatic heterocycles. The van der Waals surface area contributed by atoms with Crippen LogP contribution in [0.1, 0.15) is 52.4 Å². The first kappa shape index (κ1) is 13.0. The lowest BCUT2D eigenvalue weighted by atomic mass is 9.74. The summed E-state index contributed by atoms with van der Waals surface area (Å²) in [7, 11) is 0. The Morgan fingerprint density at radius 2 is 1.67 bits per heavy atom. The Hall–Kier alpha value is -0.0800. The number of unbranched alkanes of at least 4 members (excludes halogenated alkanes) is 1. The summed E-state index contributed by atoms with van der Waals surface area (Å²) in [6.45, 7) is 9.45. The number of hydrogen-bond donors (Lipinski definition) is 1. The topological polar surface area (TPSA) is 29.3 Å². The second kappa shape index (κ2) is 6.49. The Labute approximate surface area is 95.2 Å². The van der Waals surface area contributed by atoms with Gasteiger partial charge in [0.15, 0.2) is 0 Å². The summed E-state index contributed by atoms with van der Waals surface area (Å²) >= 11 is 0. The maximum Gasteiger partial charge on any atom is -0.00134 e. The van der Waals surface area contributed by atoms with E-state index in [9.17, 15) is 0 Å². The van der Waals surface area contributed by atoms with E-state index in [0.717, 1.165) is 6.54 Å². The van der Waals surface area contributed by atoms with Crippen molar-refractivity contribution in [2.75, 3.05) is 26.2 Å². The molecule has 1 rings (SSSR count). The molecule has 0 bridgehead atoms. The van der Waals surface area contributed by atoms with Gasteiger partial charge in [0.05, 0.1) is 0 Å². The van der Waals surface area contributed by atoms with E-state index < -0.39 is 0 Å². The number of piperidine rings is 1. The fourth-order valence-corrected chi connectivity index (χ4v) is 2.69. The molecule has 0 aromatic rings. The monoisotopic (exact) mass is 212 g/mol. The van der Waals surface area contributed by atoms with E-state index in [-0.39, 0.29) is 0 Å². The summed E-state index contributed by atoms with van der Waals surface area (Å²) in [6, 6.07) is 0. The number of likely N-dealkylation sites (tertiary alicyclic amines) is 1. The fourth-order valence-electron chi connectivity index (χ4n) is 2.69. The number of nitrogens with zero attached hydrogens (tertiary/aromatic N) is 1. The molecule has 1 aliphatic rings. The number of rotatable bonds is 6. The summed E-state index contributed by atoms with van der Waals surface area (Å²) in [5.41, 5.74) is 6.18. The van der Waals surface area contributed by atoms with Gasteiger partial charge in [-0.15, -0.1) is 0 Å². The average molecular weight is 212 g/mol. The first-order valence-corrected chi connectivity index (χ1v) is 6.69. The van der Waals surface area contributed by atoms with Crippen molar-refractivity contribution in [2.24, 2.45) is 11.1 Å². The minimum Gasteiger partial charge on any atom is -0.330 e. The van der Waals surface area contributed by atoms with Gasteiger partial charge in [0.1, 0.15) is 0 Å². The summed E-state index contributed by atoms with van der Waals surface area (Å²) in [5, 5.41) is 0. The molecular weight excluding hydrogens is 184 g/mol. The van der Waals surface area contributed by atoms with Crippen LogP contribution in [0.5, 0.6) is 0 Å². The van der Waals surface area contributed by atoms with Crippen molar-refractivity contribution in [3.63, 3.8) is 0 Å². The van der Waals surface area contributed by atoms with Crippen molar-refractivity contribution in [2.45, 2.75) is 52.4 Å². The second-order valence-corrected chi connectivity index (χ2v) is 5.04. The maximum atomic E-state index is 5.51. The van der Waals surface area contributed by atoms with Gasteiger partial charge in [-0.2, -0.15) is 0 Å². The first-order valence-electron chi connectivity index (χ1n) is 6.69. The van der Waals surface area contributed by atoms with E-state index in [1.807, 2.05) is 0 Å². The minimum atomic E-state index is 0.671. The molecule has 1 saturated heterocycles. The third kappa shape index (κ3) is 3.76. The van der Waals surface area contributed by atoms with E-state index in [0.29, 0.717) is 5.41 Å². The van der Waals surface area contributed by atoms with Gasteiger partial charge >= 0.3 is 0 Å². The predicted molar refractivity (Wildman–Crippen MR) is 67.0 cm³/mol. The molecule has 1 heterocycles. The van der Waals surface area contributed by atoms with Crippen LogP contribution in [0, 0.1) is 5.41 Å². The molecular formula is C13H28N2. The molecule has 2 N–H and O–H groups in total. The van der Waals surface area contributed by atoms with E-state index >= 15 is 0 Å². The van der Waals surface area contributed by atoms with Crippen LogP contribution in [0.15, 0.2) is 0 Å². The zero-order chi connectivity index (χ0) is 11.1. The van der Waals surface area contributed by atoms with Gasteiger partial charge in [-0.3, -0.25) is 0 Å². The van der Waals surface area contributed by atoms with Crippen LogP contribution in [0.25, 0.3) is 0 Å². The molecule has 1 fully saturated rings. The fraction of sp³-hybridized carbons (Fsp3) is 1.00. The van der Waals surface area contributed by atoms with Gasteiger partial charge in [-0.25, -0.2) is 0 Å². The van der Waals surface area contributed by atoms with Gasteiger partial charge in [-0.1, -0.05) is 26.7 Å². The highest BCUT2D eigenvalue weighted by Gasteiger charge is 2.30. The van der Waals surface area contributed by atoms with Gasteiger partial charge in [-0.05, 0) is 57.3 Å². The smallest absolute Gasteiger partial charge is 0.00134 e. The Morgan fingerprint density at radius 1 is 1.07 bits per heavy atom. The third-order valence-corrected chi connectivity index (χ3v) is 4.35. The highest BCUT2D eigenvalue weighted by atomic mass is 15.1. The molecule has 0 radical (unpaired) electrons. The molecule has 0 atom stereocenters. The predicted octanol–water partition coefficient (Wildman–Crippen LogP) is 2.63. The molecule has 90 valence electrons. The van der Waals surface area contributed by atoms with Gasteiger partial charge in [0, 0.05) is 0 Å². The van der Waals surface area contributed by atoms with E-state index in [4.69, 9.17) is 5.73 Å². The highest BCUT2D eigenvalue weighted by Crippen LogP contribution is 2.37. The largest absolute Gasteiger partial charge is 0.330 e. The van der Waals surface area contributed by atoms with Crippen molar-refractivity contribution in [1.29, 1.82) is 0 Å². The van der Waals surface area contributed by atoms with Crippen LogP contribution in [0.2, 0.25) is 0 Å². The maximum absolute atomic E-state index is 5.51. The second-order valence-electron chi connectivity index (χ2n) is 5.04. The molecule has 0 saturated carbocycles. The normalized spacial score (nSPS) is 21.8. The molecule has 0 aliphatic carbocycles. The summed E-state index contributed by atoms with van der Waals surface area (Å²) in [4.78, 5) is 2.62. The Bertz CT molecular complexity index is 154. The SMILES string of the molecule is CCC1(CC)CCN(CCCCN)CC1. The molecule has 0 amide bonds. The summed E-state index contributed by atoms with van der Waals surface area (Å²) < 4.78 is 0. The minimum absolute atomic E-state index is 0.671.